The van der Waals surface area contributed by atoms with Crippen molar-refractivity contribution in [1.29, 1.82) is 0 Å². The Morgan fingerprint density at radius 2 is 1.56 bits per heavy atom. The summed E-state index contributed by atoms with van der Waals surface area (Å²) in [5.41, 5.74) is -0.393. The smallest absolute Gasteiger partial charge is 0.323 e. The maximum Gasteiger partial charge on any atom is 0.323 e. The van der Waals surface area contributed by atoms with E-state index in [1.165, 1.54) is 30.3 Å². The van der Waals surface area contributed by atoms with E-state index in [0.29, 0.717) is 17.6 Å². The maximum absolute atomic E-state index is 12.5. The molecule has 0 aliphatic carbocycles. The average Bonchev–Trinajstić information content (AvgIpc) is 2.65. The van der Waals surface area contributed by atoms with Crippen LogP contribution in [0, 0.1) is 0 Å². The van der Waals surface area contributed by atoms with Crippen molar-refractivity contribution in [2.24, 2.45) is 0 Å². The second-order valence-corrected chi connectivity index (χ2v) is 6.95. The number of rotatable bonds is 11. The van der Waals surface area contributed by atoms with Gasteiger partial charge in [-0.15, -0.1) is 0 Å². The van der Waals surface area contributed by atoms with Crippen molar-refractivity contribution in [3.8, 4) is 0 Å². The van der Waals surface area contributed by atoms with Gasteiger partial charge in [-0.2, -0.15) is 0 Å². The van der Waals surface area contributed by atoms with Gasteiger partial charge in [0.25, 0.3) is 0 Å². The summed E-state index contributed by atoms with van der Waals surface area (Å²) in [7, 11) is 2.07. The summed E-state index contributed by atoms with van der Waals surface area (Å²) in [6, 6.07) is 6.95. The molecule has 0 radical (unpaired) electrons. The fraction of sp³-hybridized carbons (Fsp3) is 0.550. The molecule has 7 nitrogen and oxygen atoms in total. The topological polar surface area (TPSA) is 84.5 Å². The van der Waals surface area contributed by atoms with Crippen LogP contribution < -0.4 is 11.1 Å². The minimum Gasteiger partial charge on any atom is -0.480 e. The van der Waals surface area contributed by atoms with Gasteiger partial charge in [0.1, 0.15) is 6.54 Å². The van der Waals surface area contributed by atoms with Crippen LogP contribution in [-0.4, -0.2) is 45.2 Å². The molecule has 0 aliphatic heterocycles. The molecule has 0 spiro atoms. The Bertz CT molecular complexity index is 885. The van der Waals surface area contributed by atoms with Crippen LogP contribution in [0.4, 0.5) is 0 Å². The van der Waals surface area contributed by atoms with E-state index in [1.807, 2.05) is 0 Å². The highest BCUT2D eigenvalue weighted by Crippen LogP contribution is 2.11. The van der Waals surface area contributed by atoms with E-state index in [2.05, 4.69) is 18.9 Å². The molecular formula is C20H29N3O4. The van der Waals surface area contributed by atoms with Gasteiger partial charge in [0, 0.05) is 6.54 Å². The number of nitrogens with zero attached hydrogens (tertiary/aromatic N) is 3. The molecule has 2 rings (SSSR count). The van der Waals surface area contributed by atoms with E-state index < -0.39 is 23.6 Å². The number of hydrogen-bond acceptors (Lipinski definition) is 4. The molecule has 0 aliphatic rings. The second-order valence-electron chi connectivity index (χ2n) is 6.95. The fourth-order valence-corrected chi connectivity index (χ4v) is 3.30. The van der Waals surface area contributed by atoms with Crippen LogP contribution >= 0.6 is 0 Å². The monoisotopic (exact) mass is 375 g/mol. The highest BCUT2D eigenvalue weighted by Gasteiger charge is 2.14. The summed E-state index contributed by atoms with van der Waals surface area (Å²) in [5, 5.41) is 9.04. The molecule has 2 aromatic rings. The molecule has 0 atom stereocenters. The van der Waals surface area contributed by atoms with Crippen LogP contribution in [0.3, 0.4) is 0 Å². The number of unbranched alkanes of at least 4 members (excludes halogenated alkanes) is 3. The van der Waals surface area contributed by atoms with Crippen molar-refractivity contribution in [2.75, 3.05) is 20.1 Å². The third kappa shape index (κ3) is 5.53. The number of aliphatic carboxylic acids is 1. The average molecular weight is 375 g/mol. The number of aryl methyl sites for hydroxylation is 1. The lowest BCUT2D eigenvalue weighted by Gasteiger charge is -2.18. The zero-order valence-corrected chi connectivity index (χ0v) is 16.2. The molecule has 7 heteroatoms. The Hall–Kier alpha value is -2.41. The highest BCUT2D eigenvalue weighted by atomic mass is 16.4. The summed E-state index contributed by atoms with van der Waals surface area (Å²) in [6.45, 7) is 3.97. The zero-order valence-electron chi connectivity index (χ0n) is 16.2. The first-order chi connectivity index (χ1) is 13.0. The molecule has 0 amide bonds. The minimum atomic E-state index is -1.15. The van der Waals surface area contributed by atoms with Crippen LogP contribution in [0.5, 0.6) is 0 Å². The van der Waals surface area contributed by atoms with Gasteiger partial charge in [0.2, 0.25) is 0 Å². The lowest BCUT2D eigenvalue weighted by molar-refractivity contribution is -0.137. The predicted molar refractivity (Wildman–Crippen MR) is 106 cm³/mol. The number of para-hydroxylation sites is 2. The normalized spacial score (nSPS) is 11.4. The molecule has 0 fully saturated rings. The van der Waals surface area contributed by atoms with Crippen molar-refractivity contribution < 1.29 is 9.90 Å². The van der Waals surface area contributed by atoms with E-state index in [9.17, 15) is 14.4 Å². The molecule has 27 heavy (non-hydrogen) atoms. The van der Waals surface area contributed by atoms with Crippen molar-refractivity contribution in [2.45, 2.75) is 52.1 Å². The van der Waals surface area contributed by atoms with Crippen LogP contribution in [0.15, 0.2) is 33.9 Å². The fourth-order valence-electron chi connectivity index (χ4n) is 3.30. The highest BCUT2D eigenvalue weighted by molar-refractivity contribution is 5.77. The molecule has 0 saturated carbocycles. The van der Waals surface area contributed by atoms with Gasteiger partial charge >= 0.3 is 17.1 Å². The Morgan fingerprint density at radius 3 is 2.19 bits per heavy atom. The van der Waals surface area contributed by atoms with E-state index in [-0.39, 0.29) is 0 Å². The van der Waals surface area contributed by atoms with Gasteiger partial charge in [0.05, 0.1) is 11.0 Å². The largest absolute Gasteiger partial charge is 0.480 e. The van der Waals surface area contributed by atoms with Gasteiger partial charge in [-0.1, -0.05) is 38.3 Å². The van der Waals surface area contributed by atoms with E-state index in [0.717, 1.165) is 24.1 Å². The Morgan fingerprint density at radius 1 is 0.963 bits per heavy atom. The van der Waals surface area contributed by atoms with Crippen LogP contribution in [-0.2, 0) is 17.9 Å². The van der Waals surface area contributed by atoms with Crippen molar-refractivity contribution in [1.82, 2.24) is 14.0 Å². The minimum absolute atomic E-state index is 0.432. The third-order valence-corrected chi connectivity index (χ3v) is 4.74. The van der Waals surface area contributed by atoms with E-state index in [1.54, 1.807) is 24.3 Å². The van der Waals surface area contributed by atoms with Gasteiger partial charge < -0.3 is 14.6 Å². The molecule has 1 heterocycles. The molecule has 148 valence electrons. The predicted octanol–water partition coefficient (Wildman–Crippen LogP) is 2.15. The van der Waals surface area contributed by atoms with Gasteiger partial charge in [-0.3, -0.25) is 19.0 Å². The van der Waals surface area contributed by atoms with Crippen LogP contribution in [0.25, 0.3) is 11.0 Å². The summed E-state index contributed by atoms with van der Waals surface area (Å²) in [4.78, 5) is 38.2. The molecule has 0 unspecified atom stereocenters. The first-order valence-corrected chi connectivity index (χ1v) is 9.58. The Balaban J connectivity index is 2.15. The van der Waals surface area contributed by atoms with E-state index >= 15 is 0 Å². The number of carboxylic acids is 1. The lowest BCUT2D eigenvalue weighted by Crippen LogP contribution is -2.42. The quantitative estimate of drug-likeness (QED) is 0.480. The van der Waals surface area contributed by atoms with Crippen LogP contribution in [0.2, 0.25) is 0 Å². The number of aromatic nitrogens is 2. The van der Waals surface area contributed by atoms with Crippen molar-refractivity contribution in [3.05, 3.63) is 45.0 Å². The molecule has 0 saturated heterocycles. The molecule has 1 N–H and O–H groups in total. The van der Waals surface area contributed by atoms with Gasteiger partial charge in [0.15, 0.2) is 0 Å². The third-order valence-electron chi connectivity index (χ3n) is 4.74. The number of benzene rings is 1. The molecule has 0 bridgehead atoms. The van der Waals surface area contributed by atoms with E-state index in [4.69, 9.17) is 5.11 Å². The molecular weight excluding hydrogens is 346 g/mol. The molecule has 1 aromatic carbocycles. The summed E-state index contributed by atoms with van der Waals surface area (Å²) in [6.07, 6.45) is 5.61. The van der Waals surface area contributed by atoms with Crippen molar-refractivity contribution >= 4 is 17.0 Å². The lowest BCUT2D eigenvalue weighted by atomic mass is 10.2. The zero-order chi connectivity index (χ0) is 19.8. The standard InChI is InChI=1S/C20H29N3O4/c1-3-4-5-8-12-21(2)13-9-14-22-16-10-6-7-11-17(16)23(15-18(24)25)20(27)19(22)26/h6-7,10-11H,3-5,8-9,12-15H2,1-2H3,(H,24,25). The summed E-state index contributed by atoms with van der Waals surface area (Å²) < 4.78 is 2.51. The van der Waals surface area contributed by atoms with Gasteiger partial charge in [-0.25, -0.2) is 0 Å². The summed E-state index contributed by atoms with van der Waals surface area (Å²) in [5.74, 6) is -1.15. The Kier molecular flexibility index (Phi) is 7.79. The van der Waals surface area contributed by atoms with Crippen molar-refractivity contribution in [3.63, 3.8) is 0 Å². The summed E-state index contributed by atoms with van der Waals surface area (Å²) >= 11 is 0. The number of hydrogen-bond donors (Lipinski definition) is 1. The first kappa shape index (κ1) is 20.9. The SMILES string of the molecule is CCCCCCN(C)CCCn1c(=O)c(=O)n(CC(=O)O)c2ccccc21. The van der Waals surface area contributed by atoms with Gasteiger partial charge in [-0.05, 0) is 45.1 Å². The first-order valence-electron chi connectivity index (χ1n) is 9.58. The second kappa shape index (κ2) is 10.1. The number of carbonyl (C=O) groups is 1. The number of fused-ring (bicyclic) bond motifs is 1. The number of carboxylic acid groups (broad SMARTS) is 1. The maximum atomic E-state index is 12.5. The Labute approximate surface area is 158 Å². The van der Waals surface area contributed by atoms with Crippen LogP contribution in [0.1, 0.15) is 39.0 Å². The molecule has 1 aromatic heterocycles.